The van der Waals surface area contributed by atoms with Gasteiger partial charge in [-0.15, -0.1) is 0 Å². The van der Waals surface area contributed by atoms with E-state index in [1.54, 1.807) is 29.2 Å². The van der Waals surface area contributed by atoms with Crippen molar-refractivity contribution >= 4 is 45.8 Å². The van der Waals surface area contributed by atoms with Crippen LogP contribution in [0.5, 0.6) is 28.7 Å². The Labute approximate surface area is 459 Å². The van der Waals surface area contributed by atoms with Crippen molar-refractivity contribution in [3.05, 3.63) is 142 Å². The van der Waals surface area contributed by atoms with Gasteiger partial charge < -0.3 is 49.5 Å². The van der Waals surface area contributed by atoms with Gasteiger partial charge in [-0.3, -0.25) is 19.2 Å². The number of halogens is 1. The number of nitrogens with one attached hydrogen (secondary N) is 3. The van der Waals surface area contributed by atoms with Crippen molar-refractivity contribution in [3.8, 4) is 40.6 Å². The van der Waals surface area contributed by atoms with Crippen LogP contribution in [-0.2, 0) is 45.4 Å². The van der Waals surface area contributed by atoms with E-state index < -0.39 is 33.2 Å². The van der Waals surface area contributed by atoms with Crippen molar-refractivity contribution < 1.29 is 64.9 Å². The smallest absolute Gasteiger partial charge is 0.488 e. The fourth-order valence-electron chi connectivity index (χ4n) is 9.99. The molecule has 0 aliphatic carbocycles. The number of carbonyl (C=O) groups excluding carboxylic acids is 5. The summed E-state index contributed by atoms with van der Waals surface area (Å²) in [5.41, 5.74) is 2.08. The minimum absolute atomic E-state index is 0.00998. The number of carbonyl (C=O) groups is 5. The lowest BCUT2D eigenvalue weighted by molar-refractivity contribution is -0.126. The average molecular weight is 1100 g/mol. The number of hydrogen-bond acceptors (Lipinski definition) is 13. The number of esters is 1. The molecule has 5 N–H and O–H groups in total. The fraction of sp³-hybridized carbons (Fsp3) is 0.383. The lowest BCUT2D eigenvalue weighted by atomic mass is 9.77. The van der Waals surface area contributed by atoms with Crippen LogP contribution >= 0.6 is 0 Å². The van der Waals surface area contributed by atoms with Gasteiger partial charge >= 0.3 is 16.5 Å². The maximum absolute atomic E-state index is 13.6. The molecule has 0 bridgehead atoms. The van der Waals surface area contributed by atoms with Crippen LogP contribution in [0.2, 0.25) is 0 Å². The Balaban J connectivity index is 0.709. The number of rotatable bonds is 20. The summed E-state index contributed by atoms with van der Waals surface area (Å²) in [6, 6.07) is 25.1. The van der Waals surface area contributed by atoms with E-state index >= 15 is 0 Å². The monoisotopic (exact) mass is 1100 g/mol. The summed E-state index contributed by atoms with van der Waals surface area (Å²) in [6.45, 7) is 13.5. The molecule has 416 valence electrons. The third-order valence-electron chi connectivity index (χ3n) is 14.4. The number of phenols is 2. The number of fused-ring (bicyclic) bond motifs is 7. The van der Waals surface area contributed by atoms with E-state index in [2.05, 4.69) is 45.8 Å². The molecule has 0 aromatic heterocycles. The zero-order valence-corrected chi connectivity index (χ0v) is 45.9. The molecule has 0 radical (unpaired) electrons. The van der Waals surface area contributed by atoms with Crippen LogP contribution in [0.4, 0.5) is 9.57 Å². The molecule has 19 heteroatoms. The van der Waals surface area contributed by atoms with Crippen LogP contribution in [0, 0.1) is 11.8 Å². The molecule has 0 saturated heterocycles. The minimum atomic E-state index is -5.13. The van der Waals surface area contributed by atoms with Crippen LogP contribution < -0.4 is 29.8 Å². The van der Waals surface area contributed by atoms with E-state index in [1.165, 1.54) is 54.6 Å². The quantitative estimate of drug-likeness (QED) is 0.0212. The molecule has 1 spiro atoms. The van der Waals surface area contributed by atoms with Gasteiger partial charge in [0.2, 0.25) is 17.7 Å². The Bertz CT molecular complexity index is 3310. The molecule has 5 aromatic carbocycles. The summed E-state index contributed by atoms with van der Waals surface area (Å²) in [7, 11) is -5.13. The molecule has 0 saturated carbocycles. The Morgan fingerprint density at radius 1 is 0.734 bits per heavy atom. The highest BCUT2D eigenvalue weighted by Crippen LogP contribution is 2.57. The topological polar surface area (TPSA) is 236 Å². The summed E-state index contributed by atoms with van der Waals surface area (Å²) in [5.74, 6) is 4.85. The SMILES string of the molecule is CC(C)(CCOC(C)(C)CCNC(=O)CCCCCNC(=O)c1ccc2c(c1)C(=O)OC21c2ccc(O)cc2Oc2cc(O)ccc21)NC(=O)CCC(=O)N1CCC(C)(C)c2cc(C#Cc3ccc(OS(=O)(=O)F)cc3)ccc21. The number of anilines is 1. The maximum atomic E-state index is 13.6. The Morgan fingerprint density at radius 3 is 2.08 bits per heavy atom. The number of unbranched alkanes of at least 4 members (excludes halogenated alkanes) is 2. The lowest BCUT2D eigenvalue weighted by Gasteiger charge is -2.39. The van der Waals surface area contributed by atoms with Crippen molar-refractivity contribution in [2.45, 2.75) is 121 Å². The van der Waals surface area contributed by atoms with Crippen LogP contribution in [0.15, 0.2) is 97.1 Å². The Morgan fingerprint density at radius 2 is 1.39 bits per heavy atom. The molecule has 8 rings (SSSR count). The number of aromatic hydroxyl groups is 2. The molecule has 0 unspecified atom stereocenters. The minimum Gasteiger partial charge on any atom is -0.508 e. The molecule has 5 aromatic rings. The first kappa shape index (κ1) is 57.2. The number of hydrogen-bond donors (Lipinski definition) is 5. The fourth-order valence-corrected chi connectivity index (χ4v) is 10.3. The van der Waals surface area contributed by atoms with Gasteiger partial charge in [0.05, 0.1) is 11.2 Å². The second-order valence-corrected chi connectivity index (χ2v) is 22.9. The Kier molecular flexibility index (Phi) is 16.8. The number of amides is 4. The predicted octanol–water partition coefficient (Wildman–Crippen LogP) is 9.03. The van der Waals surface area contributed by atoms with Crippen molar-refractivity contribution in [2.24, 2.45) is 0 Å². The molecular weight excluding hydrogens is 1040 g/mol. The maximum Gasteiger partial charge on any atom is 0.488 e. The van der Waals surface area contributed by atoms with Gasteiger partial charge in [0.15, 0.2) is 5.60 Å². The van der Waals surface area contributed by atoms with E-state index in [0.717, 1.165) is 11.3 Å². The molecular formula is C60H65FN4O13S. The van der Waals surface area contributed by atoms with Gasteiger partial charge in [-0.05, 0) is 150 Å². The van der Waals surface area contributed by atoms with Gasteiger partial charge in [-0.25, -0.2) is 4.79 Å². The highest BCUT2D eigenvalue weighted by Gasteiger charge is 2.54. The molecule has 3 aliphatic rings. The largest absolute Gasteiger partial charge is 0.508 e. The normalized spacial score (nSPS) is 14.7. The Hall–Kier alpha value is -7.95. The van der Waals surface area contributed by atoms with Gasteiger partial charge in [0.1, 0.15) is 28.7 Å². The molecule has 3 heterocycles. The van der Waals surface area contributed by atoms with Gasteiger partial charge in [-0.1, -0.05) is 42.1 Å². The van der Waals surface area contributed by atoms with Crippen LogP contribution in [-0.4, -0.2) is 85.6 Å². The summed E-state index contributed by atoms with van der Waals surface area (Å²) in [5, 5.41) is 29.3. The average Bonchev–Trinajstić information content (AvgIpc) is 3.27. The molecule has 17 nitrogen and oxygen atoms in total. The number of benzene rings is 5. The van der Waals surface area contributed by atoms with Gasteiger partial charge in [0, 0.05) is 102 Å². The molecule has 0 fully saturated rings. The number of ether oxygens (including phenoxy) is 3. The molecule has 3 aliphatic heterocycles. The van der Waals surface area contributed by atoms with Gasteiger partial charge in [-0.2, -0.15) is 8.42 Å². The van der Waals surface area contributed by atoms with Crippen molar-refractivity contribution in [1.82, 2.24) is 16.0 Å². The summed E-state index contributed by atoms with van der Waals surface area (Å²) >= 11 is 0. The molecule has 79 heavy (non-hydrogen) atoms. The second-order valence-electron chi connectivity index (χ2n) is 21.9. The van der Waals surface area contributed by atoms with Crippen LogP contribution in [0.25, 0.3) is 0 Å². The molecule has 4 amide bonds. The van der Waals surface area contributed by atoms with E-state index in [1.807, 2.05) is 45.9 Å². The third-order valence-corrected chi connectivity index (χ3v) is 14.8. The van der Waals surface area contributed by atoms with E-state index in [0.29, 0.717) is 99.0 Å². The third kappa shape index (κ3) is 13.8. The summed E-state index contributed by atoms with van der Waals surface area (Å²) < 4.78 is 57.0. The first-order chi connectivity index (χ1) is 37.3. The summed E-state index contributed by atoms with van der Waals surface area (Å²) in [6.07, 6.45) is 4.07. The van der Waals surface area contributed by atoms with Crippen molar-refractivity contribution in [3.63, 3.8) is 0 Å². The van der Waals surface area contributed by atoms with E-state index in [-0.39, 0.29) is 81.8 Å². The first-order valence-electron chi connectivity index (χ1n) is 26.3. The standard InChI is InChI=1S/C60H65FN4O13S/c1-57(2)28-32-65(49-24-15-39(34-48(49)57)12-11-38-13-19-43(20-14-38)78-79(61,73)74)54(70)26-25-53(69)64-58(3,4)29-33-75-59(5,6)27-31-62-52(68)10-8-7-9-30-63-55(71)40-16-21-45-44(35-40)56(72)77-60(45)46-22-17-41(66)36-50(46)76-51-37-42(67)18-23-47(51)60/h13-24,34-37,66-67H,7-10,25-33H2,1-6H3,(H,62,68)(H,63,71)(H,64,69). The zero-order chi connectivity index (χ0) is 56.9. The van der Waals surface area contributed by atoms with Gasteiger partial charge in [0.25, 0.3) is 5.91 Å². The number of nitrogens with zero attached hydrogens (tertiary/aromatic N) is 1. The second kappa shape index (κ2) is 23.2. The van der Waals surface area contributed by atoms with Crippen molar-refractivity contribution in [2.75, 3.05) is 31.1 Å². The van der Waals surface area contributed by atoms with Crippen LogP contribution in [0.1, 0.15) is 153 Å². The summed E-state index contributed by atoms with van der Waals surface area (Å²) in [4.78, 5) is 67.9. The van der Waals surface area contributed by atoms with E-state index in [4.69, 9.17) is 14.2 Å². The van der Waals surface area contributed by atoms with Crippen LogP contribution in [0.3, 0.4) is 0 Å². The molecule has 0 atom stereocenters. The van der Waals surface area contributed by atoms with Crippen molar-refractivity contribution in [1.29, 1.82) is 0 Å². The zero-order valence-electron chi connectivity index (χ0n) is 45.0. The van der Waals surface area contributed by atoms with E-state index in [9.17, 15) is 46.5 Å². The lowest BCUT2D eigenvalue weighted by Crippen LogP contribution is -2.45. The first-order valence-corrected chi connectivity index (χ1v) is 27.6. The highest BCUT2D eigenvalue weighted by molar-refractivity contribution is 7.81. The number of phenolic OH excluding ortho intramolecular Hbond substituents is 2. The predicted molar refractivity (Wildman–Crippen MR) is 292 cm³/mol. The highest BCUT2D eigenvalue weighted by atomic mass is 32.3.